The number of nitrogens with zero attached hydrogens (tertiary/aromatic N) is 1. The summed E-state index contributed by atoms with van der Waals surface area (Å²) in [7, 11) is 0. The summed E-state index contributed by atoms with van der Waals surface area (Å²) in [6.45, 7) is -0.0200. The van der Waals surface area contributed by atoms with Crippen LogP contribution in [0.1, 0.15) is 6.42 Å². The highest BCUT2D eigenvalue weighted by Crippen LogP contribution is 2.11. The van der Waals surface area contributed by atoms with Crippen LogP contribution in [-0.2, 0) is 4.79 Å². The Labute approximate surface area is 83.5 Å². The summed E-state index contributed by atoms with van der Waals surface area (Å²) >= 11 is 0. The van der Waals surface area contributed by atoms with E-state index >= 15 is 0 Å². The molecule has 0 saturated carbocycles. The first-order valence-electron chi connectivity index (χ1n) is 4.08. The predicted molar refractivity (Wildman–Crippen MR) is 47.7 cm³/mol. The molecule has 0 bridgehead atoms. The smallest absolute Gasteiger partial charge is 0.301 e. The molecule has 0 fully saturated rings. The number of hydrogen-bond donors (Lipinski definition) is 2. The molecular formula is C8H8F3N3O. The summed E-state index contributed by atoms with van der Waals surface area (Å²) in [6, 6.07) is 0. The molecule has 82 valence electrons. The van der Waals surface area contributed by atoms with E-state index in [0.29, 0.717) is 0 Å². The first-order valence-corrected chi connectivity index (χ1v) is 4.08. The fourth-order valence-electron chi connectivity index (χ4n) is 0.845. The molecule has 4 nitrogen and oxygen atoms in total. The van der Waals surface area contributed by atoms with Gasteiger partial charge in [0.2, 0.25) is 0 Å². The molecule has 2 N–H and O–H groups in total. The van der Waals surface area contributed by atoms with Gasteiger partial charge in [-0.05, 0) is 0 Å². The van der Waals surface area contributed by atoms with Gasteiger partial charge in [-0.1, -0.05) is 0 Å². The first-order chi connectivity index (χ1) is 7.11. The standard InChI is InChI=1S/C8H8F3N3O/c9-6(7(10)11)1-2-12-3-5-4-13-14-8(5)15/h3-4,12H,1-2H2,(H,14,15)/b5-3-. The zero-order chi connectivity index (χ0) is 11.3. The van der Waals surface area contributed by atoms with E-state index < -0.39 is 24.2 Å². The fourth-order valence-corrected chi connectivity index (χ4v) is 0.845. The van der Waals surface area contributed by atoms with Crippen LogP contribution in [-0.4, -0.2) is 18.7 Å². The van der Waals surface area contributed by atoms with Gasteiger partial charge in [-0.25, -0.2) is 9.82 Å². The number of amides is 1. The molecule has 7 heteroatoms. The number of halogens is 3. The molecule has 1 amide bonds. The second-order valence-electron chi connectivity index (χ2n) is 2.67. The van der Waals surface area contributed by atoms with Crippen molar-refractivity contribution in [1.82, 2.24) is 10.7 Å². The Balaban J connectivity index is 2.31. The van der Waals surface area contributed by atoms with Crippen molar-refractivity contribution in [2.24, 2.45) is 5.10 Å². The number of rotatable bonds is 4. The van der Waals surface area contributed by atoms with Gasteiger partial charge in [0.05, 0.1) is 11.8 Å². The summed E-state index contributed by atoms with van der Waals surface area (Å²) in [4.78, 5) is 10.9. The summed E-state index contributed by atoms with van der Waals surface area (Å²) in [5.41, 5.74) is 2.42. The van der Waals surface area contributed by atoms with Crippen molar-refractivity contribution >= 4 is 12.1 Å². The van der Waals surface area contributed by atoms with Crippen LogP contribution in [0, 0.1) is 0 Å². The third kappa shape index (κ3) is 3.45. The number of hydrogen-bond acceptors (Lipinski definition) is 3. The Morgan fingerprint density at radius 2 is 2.27 bits per heavy atom. The van der Waals surface area contributed by atoms with Crippen molar-refractivity contribution in [1.29, 1.82) is 0 Å². The molecule has 0 unspecified atom stereocenters. The number of nitrogens with one attached hydrogen (secondary N) is 2. The topological polar surface area (TPSA) is 53.5 Å². The van der Waals surface area contributed by atoms with E-state index in [1.54, 1.807) is 0 Å². The Morgan fingerprint density at radius 1 is 1.53 bits per heavy atom. The number of carbonyl (C=O) groups excluding carboxylic acids is 1. The molecule has 0 aromatic heterocycles. The van der Waals surface area contributed by atoms with Crippen molar-refractivity contribution in [2.75, 3.05) is 6.54 Å². The molecule has 1 aliphatic rings. The highest BCUT2D eigenvalue weighted by atomic mass is 19.3. The van der Waals surface area contributed by atoms with Crippen LogP contribution in [0.15, 0.2) is 28.8 Å². The maximum absolute atomic E-state index is 12.3. The molecule has 1 rings (SSSR count). The van der Waals surface area contributed by atoms with E-state index in [0.717, 1.165) is 0 Å². The molecule has 15 heavy (non-hydrogen) atoms. The minimum absolute atomic E-state index is 0.0200. The van der Waals surface area contributed by atoms with Gasteiger partial charge in [0.15, 0.2) is 5.83 Å². The van der Waals surface area contributed by atoms with Crippen LogP contribution in [0.3, 0.4) is 0 Å². The van der Waals surface area contributed by atoms with Crippen molar-refractivity contribution < 1.29 is 18.0 Å². The average molecular weight is 219 g/mol. The summed E-state index contributed by atoms with van der Waals surface area (Å²) in [6.07, 6.45) is -0.179. The minimum Gasteiger partial charge on any atom is -0.390 e. The molecule has 0 spiro atoms. The predicted octanol–water partition coefficient (Wildman–Crippen LogP) is 1.04. The van der Waals surface area contributed by atoms with Crippen LogP contribution in [0.4, 0.5) is 13.2 Å². The van der Waals surface area contributed by atoms with E-state index in [2.05, 4.69) is 15.8 Å². The molecule has 0 aromatic rings. The van der Waals surface area contributed by atoms with Gasteiger partial charge in [0, 0.05) is 19.2 Å². The fraction of sp³-hybridized carbons (Fsp3) is 0.250. The molecule has 0 aliphatic carbocycles. The molecule has 0 aromatic carbocycles. The van der Waals surface area contributed by atoms with E-state index in [1.165, 1.54) is 12.4 Å². The maximum Gasteiger partial charge on any atom is 0.301 e. The van der Waals surface area contributed by atoms with Gasteiger partial charge in [0.1, 0.15) is 0 Å². The van der Waals surface area contributed by atoms with Gasteiger partial charge < -0.3 is 5.32 Å². The molecular weight excluding hydrogens is 211 g/mol. The normalized spacial score (nSPS) is 16.7. The van der Waals surface area contributed by atoms with E-state index in [1.807, 2.05) is 0 Å². The Bertz CT molecular complexity index is 345. The number of hydrazone groups is 1. The lowest BCUT2D eigenvalue weighted by molar-refractivity contribution is -0.116. The zero-order valence-electron chi connectivity index (χ0n) is 7.56. The van der Waals surface area contributed by atoms with Gasteiger partial charge in [-0.3, -0.25) is 4.79 Å². The summed E-state index contributed by atoms with van der Waals surface area (Å²) in [5, 5.41) is 5.97. The molecule has 0 atom stereocenters. The van der Waals surface area contributed by atoms with Gasteiger partial charge in [-0.15, -0.1) is 0 Å². The lowest BCUT2D eigenvalue weighted by atomic mass is 10.3. The highest BCUT2D eigenvalue weighted by Gasteiger charge is 2.11. The Kier molecular flexibility index (Phi) is 3.90. The van der Waals surface area contributed by atoms with Crippen molar-refractivity contribution in [3.05, 3.63) is 23.7 Å². The lowest BCUT2D eigenvalue weighted by Gasteiger charge is -1.98. The Morgan fingerprint density at radius 3 is 2.80 bits per heavy atom. The summed E-state index contributed by atoms with van der Waals surface area (Å²) in [5.74, 6) is -1.85. The lowest BCUT2D eigenvalue weighted by Crippen LogP contribution is -2.15. The largest absolute Gasteiger partial charge is 0.390 e. The van der Waals surface area contributed by atoms with Crippen LogP contribution >= 0.6 is 0 Å². The van der Waals surface area contributed by atoms with Gasteiger partial charge in [-0.2, -0.15) is 13.9 Å². The van der Waals surface area contributed by atoms with E-state index in [9.17, 15) is 18.0 Å². The van der Waals surface area contributed by atoms with Crippen molar-refractivity contribution in [3.8, 4) is 0 Å². The SMILES string of the molecule is O=C1NN=C/C1=C/NCCC(F)=C(F)F. The molecule has 1 heterocycles. The zero-order valence-corrected chi connectivity index (χ0v) is 7.56. The van der Waals surface area contributed by atoms with Crippen LogP contribution in [0.25, 0.3) is 0 Å². The third-order valence-corrected chi connectivity index (χ3v) is 1.58. The van der Waals surface area contributed by atoms with E-state index in [-0.39, 0.29) is 12.1 Å². The number of carbonyl (C=O) groups is 1. The van der Waals surface area contributed by atoms with Crippen LogP contribution in [0.2, 0.25) is 0 Å². The summed E-state index contributed by atoms with van der Waals surface area (Å²) < 4.78 is 35.5. The quantitative estimate of drug-likeness (QED) is 0.548. The average Bonchev–Trinajstić information content (AvgIpc) is 2.58. The second-order valence-corrected chi connectivity index (χ2v) is 2.67. The van der Waals surface area contributed by atoms with Crippen LogP contribution < -0.4 is 10.7 Å². The van der Waals surface area contributed by atoms with Crippen molar-refractivity contribution in [2.45, 2.75) is 6.42 Å². The molecule has 0 saturated heterocycles. The highest BCUT2D eigenvalue weighted by molar-refractivity contribution is 6.15. The second kappa shape index (κ2) is 5.18. The third-order valence-electron chi connectivity index (χ3n) is 1.58. The van der Waals surface area contributed by atoms with Gasteiger partial charge in [0.25, 0.3) is 5.91 Å². The maximum atomic E-state index is 12.3. The molecule has 0 radical (unpaired) electrons. The monoisotopic (exact) mass is 219 g/mol. The minimum atomic E-state index is -2.32. The van der Waals surface area contributed by atoms with Crippen molar-refractivity contribution in [3.63, 3.8) is 0 Å². The van der Waals surface area contributed by atoms with Gasteiger partial charge >= 0.3 is 6.08 Å². The first kappa shape index (κ1) is 11.3. The molecule has 1 aliphatic heterocycles. The van der Waals surface area contributed by atoms with Crippen LogP contribution in [0.5, 0.6) is 0 Å². The Hall–Kier alpha value is -1.79. The van der Waals surface area contributed by atoms with E-state index in [4.69, 9.17) is 0 Å².